The lowest BCUT2D eigenvalue weighted by molar-refractivity contribution is -0.120. The van der Waals surface area contributed by atoms with Crippen LogP contribution in [0.25, 0.3) is 0 Å². The molecule has 0 aromatic heterocycles. The van der Waals surface area contributed by atoms with Crippen LogP contribution in [0.5, 0.6) is 0 Å². The Labute approximate surface area is 171 Å². The molecule has 1 fully saturated rings. The summed E-state index contributed by atoms with van der Waals surface area (Å²) in [6.45, 7) is 4.34. The number of nitrogens with one attached hydrogen (secondary N) is 2. The first-order valence-corrected chi connectivity index (χ1v) is 8.36. The molecular formula is C17H27FIN5O2. The molecule has 1 heterocycles. The Bertz CT molecular complexity index is 577. The quantitative estimate of drug-likeness (QED) is 0.275. The van der Waals surface area contributed by atoms with E-state index in [0.29, 0.717) is 19.1 Å². The molecule has 0 spiro atoms. The van der Waals surface area contributed by atoms with Crippen LogP contribution in [-0.4, -0.2) is 76.8 Å². The number of aliphatic imine (C=N–C) groups is 1. The normalized spacial score (nSPS) is 14.7. The highest BCUT2D eigenvalue weighted by molar-refractivity contribution is 14.0. The molecule has 1 aromatic carbocycles. The summed E-state index contributed by atoms with van der Waals surface area (Å²) in [6.07, 6.45) is 0. The van der Waals surface area contributed by atoms with E-state index in [-0.39, 0.29) is 42.2 Å². The zero-order chi connectivity index (χ0) is 18.1. The Morgan fingerprint density at radius 3 is 2.42 bits per heavy atom. The largest absolute Gasteiger partial charge is 0.383 e. The fourth-order valence-electron chi connectivity index (χ4n) is 2.67. The van der Waals surface area contributed by atoms with E-state index in [9.17, 15) is 9.18 Å². The number of piperazine rings is 1. The zero-order valence-electron chi connectivity index (χ0n) is 15.2. The van der Waals surface area contributed by atoms with Crippen molar-refractivity contribution in [1.82, 2.24) is 15.5 Å². The van der Waals surface area contributed by atoms with Crippen LogP contribution in [0, 0.1) is 5.82 Å². The minimum absolute atomic E-state index is 0. The van der Waals surface area contributed by atoms with Gasteiger partial charge < -0.3 is 25.2 Å². The molecule has 0 atom stereocenters. The van der Waals surface area contributed by atoms with E-state index >= 15 is 0 Å². The lowest BCUT2D eigenvalue weighted by Gasteiger charge is -2.37. The van der Waals surface area contributed by atoms with E-state index in [1.807, 2.05) is 0 Å². The van der Waals surface area contributed by atoms with Gasteiger partial charge in [0.1, 0.15) is 5.82 Å². The molecule has 0 saturated carbocycles. The molecule has 1 amide bonds. The van der Waals surface area contributed by atoms with Crippen molar-refractivity contribution in [3.8, 4) is 0 Å². The molecule has 0 bridgehead atoms. The Balaban J connectivity index is 0.00000338. The average molecular weight is 479 g/mol. The third-order valence-electron chi connectivity index (χ3n) is 4.02. The first-order chi connectivity index (χ1) is 12.1. The number of hydrogen-bond donors (Lipinski definition) is 2. The molecular weight excluding hydrogens is 452 g/mol. The van der Waals surface area contributed by atoms with E-state index < -0.39 is 0 Å². The Hall–Kier alpha value is -1.62. The molecule has 1 aliphatic rings. The SMILES string of the molecule is CN=C(NCC(=O)NCCOC)N1CCN(c2ccc(F)cc2)CC1.I. The Morgan fingerprint density at radius 1 is 1.19 bits per heavy atom. The highest BCUT2D eigenvalue weighted by atomic mass is 127. The van der Waals surface area contributed by atoms with Crippen LogP contribution in [0.3, 0.4) is 0 Å². The fraction of sp³-hybridized carbons (Fsp3) is 0.529. The number of carbonyl (C=O) groups is 1. The van der Waals surface area contributed by atoms with Crippen molar-refractivity contribution in [2.75, 3.05) is 64.9 Å². The van der Waals surface area contributed by atoms with Gasteiger partial charge in [-0.2, -0.15) is 0 Å². The van der Waals surface area contributed by atoms with Gasteiger partial charge in [-0.3, -0.25) is 9.79 Å². The van der Waals surface area contributed by atoms with Crippen molar-refractivity contribution in [2.45, 2.75) is 0 Å². The van der Waals surface area contributed by atoms with Gasteiger partial charge in [0, 0.05) is 52.6 Å². The Morgan fingerprint density at radius 2 is 1.85 bits per heavy atom. The standard InChI is InChI=1S/C17H26FN5O2.HI/c1-19-17(21-13-16(24)20-7-12-25-2)23-10-8-22(9-11-23)15-5-3-14(18)4-6-15;/h3-6H,7-13H2,1-2H3,(H,19,21)(H,20,24);1H. The predicted octanol–water partition coefficient (Wildman–Crippen LogP) is 0.904. The molecule has 2 N–H and O–H groups in total. The minimum atomic E-state index is -0.226. The van der Waals surface area contributed by atoms with E-state index in [2.05, 4.69) is 25.4 Å². The van der Waals surface area contributed by atoms with Crippen LogP contribution in [-0.2, 0) is 9.53 Å². The molecule has 146 valence electrons. The van der Waals surface area contributed by atoms with Crippen molar-refractivity contribution < 1.29 is 13.9 Å². The maximum Gasteiger partial charge on any atom is 0.239 e. The van der Waals surface area contributed by atoms with Crippen LogP contribution in [0.1, 0.15) is 0 Å². The highest BCUT2D eigenvalue weighted by Crippen LogP contribution is 2.16. The average Bonchev–Trinajstić information content (AvgIpc) is 2.64. The lowest BCUT2D eigenvalue weighted by atomic mass is 10.2. The summed E-state index contributed by atoms with van der Waals surface area (Å²) >= 11 is 0. The number of nitrogens with zero attached hydrogens (tertiary/aromatic N) is 3. The third-order valence-corrected chi connectivity index (χ3v) is 4.02. The summed E-state index contributed by atoms with van der Waals surface area (Å²) in [6, 6.07) is 6.54. The number of ether oxygens (including phenoxy) is 1. The van der Waals surface area contributed by atoms with Gasteiger partial charge in [0.25, 0.3) is 0 Å². The van der Waals surface area contributed by atoms with Crippen LogP contribution in [0.4, 0.5) is 10.1 Å². The smallest absolute Gasteiger partial charge is 0.239 e. The summed E-state index contributed by atoms with van der Waals surface area (Å²) in [5.74, 6) is 0.388. The second kappa shape index (κ2) is 11.9. The van der Waals surface area contributed by atoms with Crippen LogP contribution in [0.15, 0.2) is 29.3 Å². The van der Waals surface area contributed by atoms with Crippen molar-refractivity contribution in [3.63, 3.8) is 0 Å². The molecule has 26 heavy (non-hydrogen) atoms. The number of methoxy groups -OCH3 is 1. The van der Waals surface area contributed by atoms with Gasteiger partial charge in [0.05, 0.1) is 13.2 Å². The maximum atomic E-state index is 13.0. The summed E-state index contributed by atoms with van der Waals surface area (Å²) in [4.78, 5) is 20.3. The van der Waals surface area contributed by atoms with Gasteiger partial charge in [-0.05, 0) is 24.3 Å². The number of anilines is 1. The van der Waals surface area contributed by atoms with Crippen molar-refractivity contribution in [2.24, 2.45) is 4.99 Å². The van der Waals surface area contributed by atoms with Gasteiger partial charge in [-0.1, -0.05) is 0 Å². The van der Waals surface area contributed by atoms with Gasteiger partial charge >= 0.3 is 0 Å². The first-order valence-electron chi connectivity index (χ1n) is 8.36. The maximum absolute atomic E-state index is 13.0. The summed E-state index contributed by atoms with van der Waals surface area (Å²) in [5, 5.41) is 5.84. The van der Waals surface area contributed by atoms with Crippen LogP contribution < -0.4 is 15.5 Å². The molecule has 0 aliphatic carbocycles. The van der Waals surface area contributed by atoms with Gasteiger partial charge in [-0.25, -0.2) is 4.39 Å². The number of halogens is 2. The van der Waals surface area contributed by atoms with E-state index in [4.69, 9.17) is 4.74 Å². The molecule has 1 aromatic rings. The molecule has 7 nitrogen and oxygen atoms in total. The first kappa shape index (κ1) is 22.4. The number of benzene rings is 1. The predicted molar refractivity (Wildman–Crippen MR) is 112 cm³/mol. The Kier molecular flexibility index (Phi) is 10.3. The molecule has 2 rings (SSSR count). The van der Waals surface area contributed by atoms with Crippen molar-refractivity contribution >= 4 is 41.5 Å². The van der Waals surface area contributed by atoms with Gasteiger partial charge in [0.15, 0.2) is 5.96 Å². The number of guanidine groups is 1. The number of amides is 1. The van der Waals surface area contributed by atoms with Crippen LogP contribution >= 0.6 is 24.0 Å². The second-order valence-corrected chi connectivity index (χ2v) is 5.69. The summed E-state index contributed by atoms with van der Waals surface area (Å²) in [7, 11) is 3.30. The third kappa shape index (κ3) is 6.94. The summed E-state index contributed by atoms with van der Waals surface area (Å²) < 4.78 is 17.9. The van der Waals surface area contributed by atoms with E-state index in [0.717, 1.165) is 31.9 Å². The second-order valence-electron chi connectivity index (χ2n) is 5.69. The molecule has 9 heteroatoms. The van der Waals surface area contributed by atoms with Gasteiger partial charge in [0.2, 0.25) is 5.91 Å². The molecule has 1 aliphatic heterocycles. The molecule has 0 unspecified atom stereocenters. The molecule has 0 radical (unpaired) electrons. The monoisotopic (exact) mass is 479 g/mol. The van der Waals surface area contributed by atoms with E-state index in [1.54, 1.807) is 26.3 Å². The topological polar surface area (TPSA) is 69.2 Å². The summed E-state index contributed by atoms with van der Waals surface area (Å²) in [5.41, 5.74) is 1.02. The fourth-order valence-corrected chi connectivity index (χ4v) is 2.67. The number of rotatable bonds is 6. The van der Waals surface area contributed by atoms with Gasteiger partial charge in [-0.15, -0.1) is 24.0 Å². The van der Waals surface area contributed by atoms with Crippen molar-refractivity contribution in [3.05, 3.63) is 30.1 Å². The molecule has 1 saturated heterocycles. The van der Waals surface area contributed by atoms with E-state index in [1.165, 1.54) is 12.1 Å². The lowest BCUT2D eigenvalue weighted by Crippen LogP contribution is -2.53. The van der Waals surface area contributed by atoms with Crippen LogP contribution in [0.2, 0.25) is 0 Å². The highest BCUT2D eigenvalue weighted by Gasteiger charge is 2.20. The number of hydrogen-bond acceptors (Lipinski definition) is 4. The minimum Gasteiger partial charge on any atom is -0.383 e. The van der Waals surface area contributed by atoms with Crippen molar-refractivity contribution in [1.29, 1.82) is 0 Å². The number of carbonyl (C=O) groups excluding carboxylic acids is 1. The zero-order valence-corrected chi connectivity index (χ0v) is 17.5.